The van der Waals surface area contributed by atoms with E-state index in [0.29, 0.717) is 23.7 Å². The molecule has 6 nitrogen and oxygen atoms in total. The van der Waals surface area contributed by atoms with Gasteiger partial charge in [0.15, 0.2) is 11.3 Å². The first-order valence-electron chi connectivity index (χ1n) is 9.40. The minimum absolute atomic E-state index is 0.0379. The summed E-state index contributed by atoms with van der Waals surface area (Å²) in [5.74, 6) is -0.155. The minimum atomic E-state index is -4.63. The molecule has 2 aromatic heterocycles. The predicted octanol–water partition coefficient (Wildman–Crippen LogP) is 3.39. The zero-order valence-electron chi connectivity index (χ0n) is 16.2. The number of benzene rings is 1. The van der Waals surface area contributed by atoms with Gasteiger partial charge in [0.25, 0.3) is 0 Å². The monoisotopic (exact) mass is 437 g/mol. The number of carbonyl (C=O) groups is 1. The Morgan fingerprint density at radius 3 is 2.40 bits per heavy atom. The lowest BCUT2D eigenvalue weighted by Gasteiger charge is -2.32. The molecule has 3 heterocycles. The highest BCUT2D eigenvalue weighted by molar-refractivity contribution is 6.30. The molecule has 30 heavy (non-hydrogen) atoms. The number of hydrogen-bond donors (Lipinski definition) is 0. The summed E-state index contributed by atoms with van der Waals surface area (Å²) in [5, 5.41) is 4.51. The van der Waals surface area contributed by atoms with E-state index in [1.165, 1.54) is 6.07 Å². The van der Waals surface area contributed by atoms with Gasteiger partial charge in [-0.05, 0) is 25.2 Å². The fourth-order valence-electron chi connectivity index (χ4n) is 3.40. The molecule has 0 aliphatic carbocycles. The fourth-order valence-corrected chi connectivity index (χ4v) is 3.53. The summed E-state index contributed by atoms with van der Waals surface area (Å²) in [6, 6.07) is 8.78. The van der Waals surface area contributed by atoms with E-state index in [1.807, 2.05) is 7.05 Å². The van der Waals surface area contributed by atoms with Gasteiger partial charge in [-0.25, -0.2) is 9.50 Å². The van der Waals surface area contributed by atoms with E-state index in [-0.39, 0.29) is 29.4 Å². The van der Waals surface area contributed by atoms with Crippen molar-refractivity contribution in [3.63, 3.8) is 0 Å². The lowest BCUT2D eigenvalue weighted by molar-refractivity contribution is -0.142. The largest absolute Gasteiger partial charge is 0.433 e. The summed E-state index contributed by atoms with van der Waals surface area (Å²) in [5.41, 5.74) is 0.00359. The van der Waals surface area contributed by atoms with Crippen LogP contribution in [-0.4, -0.2) is 63.5 Å². The molecule has 158 valence electrons. The number of piperazine rings is 1. The standard InChI is InChI=1S/C20H19ClF3N5O/c1-27-6-8-28(9-7-27)19(30)11-15-10-18-25-16(13-2-4-14(21)5-3-13)12-17(20(22,23)24)29(18)26-15/h2-5,10,12H,6-9,11H2,1H3. The molecular formula is C20H19ClF3N5O. The molecule has 1 aliphatic heterocycles. The van der Waals surface area contributed by atoms with Crippen LogP contribution in [0.1, 0.15) is 11.4 Å². The Hall–Kier alpha value is -2.65. The topological polar surface area (TPSA) is 53.7 Å². The van der Waals surface area contributed by atoms with E-state index in [4.69, 9.17) is 11.6 Å². The third-order valence-electron chi connectivity index (χ3n) is 5.10. The maximum atomic E-state index is 13.7. The molecule has 0 saturated carbocycles. The molecule has 1 amide bonds. The molecular weight excluding hydrogens is 419 g/mol. The summed E-state index contributed by atoms with van der Waals surface area (Å²) >= 11 is 5.87. The van der Waals surface area contributed by atoms with Crippen molar-refractivity contribution in [2.24, 2.45) is 0 Å². The Bertz CT molecular complexity index is 1070. The maximum absolute atomic E-state index is 13.7. The van der Waals surface area contributed by atoms with Crippen LogP contribution in [0.5, 0.6) is 0 Å². The SMILES string of the molecule is CN1CCN(C(=O)Cc2cc3nc(-c4ccc(Cl)cc4)cc(C(F)(F)F)n3n2)CC1. The van der Waals surface area contributed by atoms with Crippen molar-refractivity contribution in [2.75, 3.05) is 33.2 Å². The van der Waals surface area contributed by atoms with Crippen LogP contribution in [0.3, 0.4) is 0 Å². The number of aromatic nitrogens is 3. The number of alkyl halides is 3. The van der Waals surface area contributed by atoms with Crippen molar-refractivity contribution in [2.45, 2.75) is 12.6 Å². The number of carbonyl (C=O) groups excluding carboxylic acids is 1. The van der Waals surface area contributed by atoms with Gasteiger partial charge in [0.1, 0.15) is 0 Å². The summed E-state index contributed by atoms with van der Waals surface area (Å²) in [4.78, 5) is 20.7. The first-order chi connectivity index (χ1) is 14.2. The molecule has 0 atom stereocenters. The smallest absolute Gasteiger partial charge is 0.340 e. The first-order valence-corrected chi connectivity index (χ1v) is 9.77. The van der Waals surface area contributed by atoms with Crippen molar-refractivity contribution in [3.8, 4) is 11.3 Å². The zero-order chi connectivity index (χ0) is 21.5. The van der Waals surface area contributed by atoms with Crippen molar-refractivity contribution in [1.29, 1.82) is 0 Å². The average molecular weight is 438 g/mol. The van der Waals surface area contributed by atoms with E-state index >= 15 is 0 Å². The number of amides is 1. The van der Waals surface area contributed by atoms with Crippen LogP contribution in [0.4, 0.5) is 13.2 Å². The van der Waals surface area contributed by atoms with Crippen LogP contribution in [0.25, 0.3) is 16.9 Å². The Kier molecular flexibility index (Phi) is 5.42. The van der Waals surface area contributed by atoms with Crippen LogP contribution < -0.4 is 0 Å². The van der Waals surface area contributed by atoms with Gasteiger partial charge < -0.3 is 9.80 Å². The van der Waals surface area contributed by atoms with Gasteiger partial charge in [0, 0.05) is 42.8 Å². The van der Waals surface area contributed by atoms with Gasteiger partial charge in [-0.2, -0.15) is 18.3 Å². The zero-order valence-corrected chi connectivity index (χ0v) is 16.9. The van der Waals surface area contributed by atoms with E-state index in [2.05, 4.69) is 15.0 Å². The molecule has 1 aromatic carbocycles. The molecule has 3 aromatic rings. The third-order valence-corrected chi connectivity index (χ3v) is 5.35. The second kappa shape index (κ2) is 7.88. The molecule has 0 spiro atoms. The molecule has 1 aliphatic rings. The quantitative estimate of drug-likeness (QED) is 0.630. The van der Waals surface area contributed by atoms with Crippen LogP contribution >= 0.6 is 11.6 Å². The number of fused-ring (bicyclic) bond motifs is 1. The summed E-state index contributed by atoms with van der Waals surface area (Å²) in [6.45, 7) is 2.72. The second-order valence-electron chi connectivity index (χ2n) is 7.30. The Morgan fingerprint density at radius 2 is 1.77 bits per heavy atom. The second-order valence-corrected chi connectivity index (χ2v) is 7.73. The number of likely N-dealkylation sites (N-methyl/N-ethyl adjacent to an activating group) is 1. The lowest BCUT2D eigenvalue weighted by atomic mass is 10.1. The molecule has 0 radical (unpaired) electrons. The molecule has 0 bridgehead atoms. The number of nitrogens with zero attached hydrogens (tertiary/aromatic N) is 5. The number of rotatable bonds is 3. The van der Waals surface area contributed by atoms with E-state index in [0.717, 1.165) is 23.7 Å². The Labute approximate surface area is 175 Å². The average Bonchev–Trinajstić information content (AvgIpc) is 3.09. The van der Waals surface area contributed by atoms with Crippen LogP contribution in [0, 0.1) is 0 Å². The summed E-state index contributed by atoms with van der Waals surface area (Å²) < 4.78 is 41.8. The van der Waals surface area contributed by atoms with Gasteiger partial charge in [0.2, 0.25) is 5.91 Å². The van der Waals surface area contributed by atoms with Crippen LogP contribution in [0.15, 0.2) is 36.4 Å². The minimum Gasteiger partial charge on any atom is -0.340 e. The van der Waals surface area contributed by atoms with Crippen LogP contribution in [0.2, 0.25) is 5.02 Å². The molecule has 0 unspecified atom stereocenters. The van der Waals surface area contributed by atoms with Gasteiger partial charge in [-0.15, -0.1) is 0 Å². The van der Waals surface area contributed by atoms with Gasteiger partial charge in [0.05, 0.1) is 17.8 Å². The first kappa shape index (κ1) is 20.6. The molecule has 1 saturated heterocycles. The third kappa shape index (κ3) is 4.27. The van der Waals surface area contributed by atoms with E-state index in [9.17, 15) is 18.0 Å². The number of hydrogen-bond acceptors (Lipinski definition) is 4. The highest BCUT2D eigenvalue weighted by Gasteiger charge is 2.35. The normalized spacial score (nSPS) is 15.7. The number of halogens is 4. The fraction of sp³-hybridized carbons (Fsp3) is 0.350. The van der Waals surface area contributed by atoms with Crippen molar-refractivity contribution in [1.82, 2.24) is 24.4 Å². The maximum Gasteiger partial charge on any atom is 0.433 e. The molecule has 0 N–H and O–H groups in total. The van der Waals surface area contributed by atoms with Crippen molar-refractivity contribution in [3.05, 3.63) is 52.8 Å². The van der Waals surface area contributed by atoms with Crippen LogP contribution in [-0.2, 0) is 17.4 Å². The van der Waals surface area contributed by atoms with E-state index < -0.39 is 11.9 Å². The molecule has 4 rings (SSSR count). The van der Waals surface area contributed by atoms with E-state index in [1.54, 1.807) is 29.2 Å². The van der Waals surface area contributed by atoms with Crippen molar-refractivity contribution >= 4 is 23.2 Å². The van der Waals surface area contributed by atoms with Crippen molar-refractivity contribution < 1.29 is 18.0 Å². The lowest BCUT2D eigenvalue weighted by Crippen LogP contribution is -2.47. The predicted molar refractivity (Wildman–Crippen MR) is 106 cm³/mol. The Balaban J connectivity index is 1.68. The summed E-state index contributed by atoms with van der Waals surface area (Å²) in [7, 11) is 1.98. The van der Waals surface area contributed by atoms with Gasteiger partial charge in [-0.3, -0.25) is 4.79 Å². The molecule has 10 heteroatoms. The molecule has 1 fully saturated rings. The highest BCUT2D eigenvalue weighted by Crippen LogP contribution is 2.32. The highest BCUT2D eigenvalue weighted by atomic mass is 35.5. The van der Waals surface area contributed by atoms with Gasteiger partial charge in [-0.1, -0.05) is 23.7 Å². The summed E-state index contributed by atoms with van der Waals surface area (Å²) in [6.07, 6.45) is -4.70. The Morgan fingerprint density at radius 1 is 1.10 bits per heavy atom. The van der Waals surface area contributed by atoms with Gasteiger partial charge >= 0.3 is 6.18 Å².